The van der Waals surface area contributed by atoms with Crippen LogP contribution >= 0.6 is 0 Å². The first-order valence-electron chi connectivity index (χ1n) is 10.3. The van der Waals surface area contributed by atoms with E-state index in [1.54, 1.807) is 0 Å². The maximum absolute atomic E-state index is 5.90. The first kappa shape index (κ1) is 17.8. The molecule has 1 aromatic heterocycles. The molecule has 0 radical (unpaired) electrons. The van der Waals surface area contributed by atoms with Crippen molar-refractivity contribution < 1.29 is 9.47 Å². The molecule has 1 unspecified atom stereocenters. The molecule has 3 heterocycles. The Balaban J connectivity index is 1.26. The van der Waals surface area contributed by atoms with Crippen LogP contribution in [-0.2, 0) is 4.74 Å². The van der Waals surface area contributed by atoms with Crippen molar-refractivity contribution in [3.8, 4) is 5.88 Å². The van der Waals surface area contributed by atoms with Gasteiger partial charge in [-0.15, -0.1) is 0 Å². The minimum atomic E-state index is 0.0372. The highest BCUT2D eigenvalue weighted by atomic mass is 16.5. The van der Waals surface area contributed by atoms with Crippen molar-refractivity contribution in [2.45, 2.75) is 69.9 Å². The molecule has 0 bridgehead atoms. The van der Waals surface area contributed by atoms with Crippen molar-refractivity contribution in [3.63, 3.8) is 0 Å². The van der Waals surface area contributed by atoms with Crippen LogP contribution in [0.15, 0.2) is 23.3 Å². The lowest BCUT2D eigenvalue weighted by molar-refractivity contribution is 0.207. The quantitative estimate of drug-likeness (QED) is 0.726. The van der Waals surface area contributed by atoms with E-state index in [-0.39, 0.29) is 5.54 Å². The zero-order valence-corrected chi connectivity index (χ0v) is 16.0. The van der Waals surface area contributed by atoms with Crippen LogP contribution in [0.2, 0.25) is 0 Å². The molecule has 1 saturated heterocycles. The smallest absolute Gasteiger partial charge is 0.218 e. The van der Waals surface area contributed by atoms with Crippen molar-refractivity contribution in [1.82, 2.24) is 9.88 Å². The molecule has 5 heteroatoms. The molecule has 0 aromatic carbocycles. The summed E-state index contributed by atoms with van der Waals surface area (Å²) < 4.78 is 11.7. The summed E-state index contributed by atoms with van der Waals surface area (Å²) in [4.78, 5) is 11.9. The minimum Gasteiger partial charge on any atom is -0.478 e. The summed E-state index contributed by atoms with van der Waals surface area (Å²) in [7, 11) is 0. The van der Waals surface area contributed by atoms with Gasteiger partial charge in [-0.25, -0.2) is 9.98 Å². The Hall–Kier alpha value is -1.62. The topological polar surface area (TPSA) is 47.0 Å². The normalized spacial score (nSPS) is 25.3. The van der Waals surface area contributed by atoms with Gasteiger partial charge in [-0.3, -0.25) is 0 Å². The van der Waals surface area contributed by atoms with E-state index in [4.69, 9.17) is 14.5 Å². The summed E-state index contributed by atoms with van der Waals surface area (Å²) in [5.74, 6) is 1.45. The second-order valence-corrected chi connectivity index (χ2v) is 8.10. The average Bonchev–Trinajstić information content (AvgIpc) is 3.27. The van der Waals surface area contributed by atoms with Gasteiger partial charge in [-0.05, 0) is 51.6 Å². The number of likely N-dealkylation sites (tertiary alicyclic amines) is 1. The monoisotopic (exact) mass is 357 g/mol. The summed E-state index contributed by atoms with van der Waals surface area (Å²) in [6, 6.07) is 4.68. The Morgan fingerprint density at radius 3 is 2.85 bits per heavy atom. The van der Waals surface area contributed by atoms with Crippen LogP contribution in [0.3, 0.4) is 0 Å². The van der Waals surface area contributed by atoms with Gasteiger partial charge in [-0.1, -0.05) is 19.3 Å². The van der Waals surface area contributed by atoms with Crippen molar-refractivity contribution in [2.75, 3.05) is 26.3 Å². The van der Waals surface area contributed by atoms with Crippen LogP contribution in [0.5, 0.6) is 5.88 Å². The SMILES string of the molecule is CC1CCCN1CCCOc1ccc(C2=NC3(CCCCC3)CO2)cn1. The molecule has 2 aliphatic heterocycles. The van der Waals surface area contributed by atoms with Gasteiger partial charge in [0.25, 0.3) is 0 Å². The fraction of sp³-hybridized carbons (Fsp3) is 0.714. The van der Waals surface area contributed by atoms with E-state index in [9.17, 15) is 0 Å². The molecule has 1 spiro atoms. The van der Waals surface area contributed by atoms with Crippen molar-refractivity contribution in [1.29, 1.82) is 0 Å². The molecule has 4 rings (SSSR count). The summed E-state index contributed by atoms with van der Waals surface area (Å²) in [5, 5.41) is 0. The van der Waals surface area contributed by atoms with Gasteiger partial charge in [-0.2, -0.15) is 0 Å². The van der Waals surface area contributed by atoms with Gasteiger partial charge < -0.3 is 14.4 Å². The molecule has 5 nitrogen and oxygen atoms in total. The number of hydrogen-bond donors (Lipinski definition) is 0. The molecule has 142 valence electrons. The van der Waals surface area contributed by atoms with Gasteiger partial charge >= 0.3 is 0 Å². The number of nitrogens with zero attached hydrogens (tertiary/aromatic N) is 3. The highest BCUT2D eigenvalue weighted by molar-refractivity contribution is 5.95. The molecule has 26 heavy (non-hydrogen) atoms. The van der Waals surface area contributed by atoms with Crippen molar-refractivity contribution in [3.05, 3.63) is 23.9 Å². The van der Waals surface area contributed by atoms with Crippen LogP contribution in [-0.4, -0.2) is 53.7 Å². The van der Waals surface area contributed by atoms with Gasteiger partial charge in [0.05, 0.1) is 17.7 Å². The summed E-state index contributed by atoms with van der Waals surface area (Å²) in [6.45, 7) is 6.12. The Morgan fingerprint density at radius 1 is 1.23 bits per heavy atom. The standard InChI is InChI=1S/C21H31N3O2/c1-17-7-5-12-24(17)13-6-14-25-19-9-8-18(15-22-19)20-23-21(16-26-20)10-3-2-4-11-21/h8-9,15,17H,2-7,10-14,16H2,1H3. The molecule has 2 fully saturated rings. The van der Waals surface area contributed by atoms with Crippen LogP contribution in [0.25, 0.3) is 0 Å². The predicted molar refractivity (Wildman–Crippen MR) is 103 cm³/mol. The zero-order valence-electron chi connectivity index (χ0n) is 16.0. The highest BCUT2D eigenvalue weighted by Gasteiger charge is 2.38. The molecular weight excluding hydrogens is 326 g/mol. The van der Waals surface area contributed by atoms with Crippen LogP contribution < -0.4 is 4.74 Å². The maximum Gasteiger partial charge on any atom is 0.218 e. The zero-order chi connectivity index (χ0) is 17.8. The Morgan fingerprint density at radius 2 is 2.12 bits per heavy atom. The number of aliphatic imine (C=N–C) groups is 1. The summed E-state index contributed by atoms with van der Waals surface area (Å²) in [6.07, 6.45) is 11.7. The first-order valence-corrected chi connectivity index (χ1v) is 10.3. The molecule has 1 aromatic rings. The first-order chi connectivity index (χ1) is 12.7. The van der Waals surface area contributed by atoms with E-state index in [0.29, 0.717) is 5.88 Å². The Bertz CT molecular complexity index is 623. The van der Waals surface area contributed by atoms with Gasteiger partial charge in [0.15, 0.2) is 0 Å². The molecule has 0 amide bonds. The number of pyridine rings is 1. The fourth-order valence-corrected chi connectivity index (χ4v) is 4.46. The second kappa shape index (κ2) is 7.95. The fourth-order valence-electron chi connectivity index (χ4n) is 4.46. The lowest BCUT2D eigenvalue weighted by Crippen LogP contribution is -2.30. The lowest BCUT2D eigenvalue weighted by Gasteiger charge is -2.27. The molecule has 3 aliphatic rings. The highest BCUT2D eigenvalue weighted by Crippen LogP contribution is 2.36. The van der Waals surface area contributed by atoms with E-state index >= 15 is 0 Å². The Labute approximate surface area is 156 Å². The van der Waals surface area contributed by atoms with Crippen LogP contribution in [0, 0.1) is 0 Å². The van der Waals surface area contributed by atoms with E-state index in [2.05, 4.69) is 16.8 Å². The third-order valence-electron chi connectivity index (χ3n) is 6.11. The minimum absolute atomic E-state index is 0.0372. The number of rotatable bonds is 6. The second-order valence-electron chi connectivity index (χ2n) is 8.10. The lowest BCUT2D eigenvalue weighted by atomic mass is 9.83. The summed E-state index contributed by atoms with van der Waals surface area (Å²) in [5.41, 5.74) is 1.00. The third-order valence-corrected chi connectivity index (χ3v) is 6.11. The molecule has 0 N–H and O–H groups in total. The van der Waals surface area contributed by atoms with Crippen LogP contribution in [0.1, 0.15) is 63.9 Å². The molecule has 1 saturated carbocycles. The number of aromatic nitrogens is 1. The molecule has 1 atom stereocenters. The third kappa shape index (κ3) is 4.03. The van der Waals surface area contributed by atoms with Crippen LogP contribution in [0.4, 0.5) is 0 Å². The number of hydrogen-bond acceptors (Lipinski definition) is 5. The van der Waals surface area contributed by atoms with Gasteiger partial charge in [0.2, 0.25) is 11.8 Å². The van der Waals surface area contributed by atoms with Gasteiger partial charge in [0, 0.05) is 24.8 Å². The predicted octanol–water partition coefficient (Wildman–Crippen LogP) is 3.81. The van der Waals surface area contributed by atoms with E-state index < -0.39 is 0 Å². The largest absolute Gasteiger partial charge is 0.478 e. The van der Waals surface area contributed by atoms with Gasteiger partial charge in [0.1, 0.15) is 6.61 Å². The Kier molecular flexibility index (Phi) is 5.44. The average molecular weight is 357 g/mol. The van der Waals surface area contributed by atoms with E-state index in [0.717, 1.165) is 56.5 Å². The van der Waals surface area contributed by atoms with E-state index in [1.165, 1.54) is 38.6 Å². The van der Waals surface area contributed by atoms with Crippen molar-refractivity contribution >= 4 is 5.90 Å². The maximum atomic E-state index is 5.90. The summed E-state index contributed by atoms with van der Waals surface area (Å²) >= 11 is 0. The molecular formula is C21H31N3O2. The molecule has 1 aliphatic carbocycles. The van der Waals surface area contributed by atoms with E-state index in [1.807, 2.05) is 18.3 Å². The van der Waals surface area contributed by atoms with Crippen molar-refractivity contribution in [2.24, 2.45) is 4.99 Å². The number of ether oxygens (including phenoxy) is 2.